The Balaban J connectivity index is 1.76. The summed E-state index contributed by atoms with van der Waals surface area (Å²) in [4.78, 5) is 19.4. The van der Waals surface area contributed by atoms with Gasteiger partial charge in [0.15, 0.2) is 16.6 Å². The van der Waals surface area contributed by atoms with Gasteiger partial charge in [0.05, 0.1) is 27.0 Å². The molecule has 0 saturated heterocycles. The normalized spacial score (nSPS) is 10.4. The number of rotatable bonds is 10. The van der Waals surface area contributed by atoms with Crippen LogP contribution in [0.3, 0.4) is 0 Å². The number of benzene rings is 2. The van der Waals surface area contributed by atoms with Crippen molar-refractivity contribution < 1.29 is 19.0 Å². The van der Waals surface area contributed by atoms with Crippen LogP contribution in [0.25, 0.3) is 11.3 Å². The van der Waals surface area contributed by atoms with Crippen LogP contribution in [0.4, 0.5) is 5.13 Å². The molecule has 162 valence electrons. The van der Waals surface area contributed by atoms with Crippen molar-refractivity contribution in [3.05, 3.63) is 66.1 Å². The summed E-state index contributed by atoms with van der Waals surface area (Å²) in [5.41, 5.74) is 2.80. The largest absolute Gasteiger partial charge is 0.493 e. The Morgan fingerprint density at radius 1 is 1.10 bits per heavy atom. The van der Waals surface area contributed by atoms with E-state index in [-0.39, 0.29) is 5.91 Å². The Bertz CT molecular complexity index is 1010. The van der Waals surface area contributed by atoms with Crippen LogP contribution in [-0.2, 0) is 11.2 Å². The summed E-state index contributed by atoms with van der Waals surface area (Å²) < 4.78 is 16.2. The maximum atomic E-state index is 13.0. The van der Waals surface area contributed by atoms with Gasteiger partial charge in [0.2, 0.25) is 11.7 Å². The first-order chi connectivity index (χ1) is 15.1. The number of nitrogens with zero attached hydrogens (tertiary/aromatic N) is 2. The first kappa shape index (κ1) is 22.4. The fraction of sp³-hybridized carbons (Fsp3) is 0.250. The number of ether oxygens (including phenoxy) is 3. The predicted molar refractivity (Wildman–Crippen MR) is 125 cm³/mol. The molecular weight excluding hydrogens is 412 g/mol. The van der Waals surface area contributed by atoms with Crippen LogP contribution in [-0.4, -0.2) is 38.8 Å². The molecule has 0 fully saturated rings. The minimum Gasteiger partial charge on any atom is -0.493 e. The first-order valence-electron chi connectivity index (χ1n) is 9.82. The fourth-order valence-corrected chi connectivity index (χ4v) is 4.07. The lowest BCUT2D eigenvalue weighted by atomic mass is 10.1. The van der Waals surface area contributed by atoms with E-state index in [1.54, 1.807) is 32.3 Å². The number of carbonyl (C=O) groups is 1. The van der Waals surface area contributed by atoms with Gasteiger partial charge < -0.3 is 14.2 Å². The van der Waals surface area contributed by atoms with E-state index in [1.807, 2.05) is 47.8 Å². The van der Waals surface area contributed by atoms with Gasteiger partial charge in [-0.05, 0) is 24.1 Å². The zero-order chi connectivity index (χ0) is 22.2. The molecule has 0 aliphatic carbocycles. The summed E-state index contributed by atoms with van der Waals surface area (Å²) in [5.74, 6) is 1.64. The number of amides is 1. The number of aryl methyl sites for hydroxylation is 1. The maximum Gasteiger partial charge on any atom is 0.229 e. The van der Waals surface area contributed by atoms with E-state index in [1.165, 1.54) is 11.3 Å². The van der Waals surface area contributed by atoms with Crippen LogP contribution in [0.2, 0.25) is 0 Å². The predicted octanol–water partition coefficient (Wildman–Crippen LogP) is 4.99. The molecule has 3 rings (SSSR count). The highest BCUT2D eigenvalue weighted by molar-refractivity contribution is 7.14. The number of hydrogen-bond acceptors (Lipinski definition) is 6. The third-order valence-electron chi connectivity index (χ3n) is 4.76. The smallest absolute Gasteiger partial charge is 0.229 e. The molecular formula is C24H26N2O4S. The van der Waals surface area contributed by atoms with Gasteiger partial charge in [-0.2, -0.15) is 0 Å². The Kier molecular flexibility index (Phi) is 7.67. The lowest BCUT2D eigenvalue weighted by molar-refractivity contribution is -0.118. The molecule has 6 nitrogen and oxygen atoms in total. The zero-order valence-corrected chi connectivity index (χ0v) is 18.8. The van der Waals surface area contributed by atoms with E-state index < -0.39 is 0 Å². The van der Waals surface area contributed by atoms with Gasteiger partial charge in [-0.25, -0.2) is 4.98 Å². The lowest BCUT2D eigenvalue weighted by Gasteiger charge is -2.18. The second-order valence-electron chi connectivity index (χ2n) is 6.71. The number of thiazole rings is 1. The molecule has 0 N–H and O–H groups in total. The highest BCUT2D eigenvalue weighted by Crippen LogP contribution is 2.38. The van der Waals surface area contributed by atoms with Gasteiger partial charge >= 0.3 is 0 Å². The molecule has 1 heterocycles. The molecule has 1 amide bonds. The topological polar surface area (TPSA) is 60.9 Å². The Labute approximate surface area is 186 Å². The van der Waals surface area contributed by atoms with Crippen molar-refractivity contribution in [3.63, 3.8) is 0 Å². The van der Waals surface area contributed by atoms with E-state index in [0.29, 0.717) is 41.8 Å². The number of hydrogen-bond donors (Lipinski definition) is 0. The molecule has 0 saturated carbocycles. The van der Waals surface area contributed by atoms with E-state index in [2.05, 4.69) is 11.6 Å². The minimum atomic E-state index is -0.0254. The Hall–Kier alpha value is -3.32. The highest BCUT2D eigenvalue weighted by Gasteiger charge is 2.19. The van der Waals surface area contributed by atoms with E-state index in [0.717, 1.165) is 16.8 Å². The molecule has 0 aliphatic rings. The molecule has 0 bridgehead atoms. The minimum absolute atomic E-state index is 0.0254. The van der Waals surface area contributed by atoms with Crippen molar-refractivity contribution in [1.82, 2.24) is 4.98 Å². The van der Waals surface area contributed by atoms with Gasteiger partial charge in [-0.1, -0.05) is 36.4 Å². The molecule has 0 radical (unpaired) electrons. The van der Waals surface area contributed by atoms with Gasteiger partial charge in [0.1, 0.15) is 0 Å². The van der Waals surface area contributed by atoms with Crippen LogP contribution in [0.15, 0.2) is 60.5 Å². The first-order valence-corrected chi connectivity index (χ1v) is 10.7. The zero-order valence-electron chi connectivity index (χ0n) is 18.0. The molecule has 0 aliphatic heterocycles. The number of anilines is 1. The second kappa shape index (κ2) is 10.6. The third-order valence-corrected chi connectivity index (χ3v) is 5.62. The van der Waals surface area contributed by atoms with Crippen molar-refractivity contribution in [2.24, 2.45) is 0 Å². The van der Waals surface area contributed by atoms with Crippen LogP contribution < -0.4 is 19.1 Å². The van der Waals surface area contributed by atoms with Gasteiger partial charge in [-0.3, -0.25) is 9.69 Å². The van der Waals surface area contributed by atoms with Crippen LogP contribution in [0.1, 0.15) is 12.0 Å². The van der Waals surface area contributed by atoms with Gasteiger partial charge in [0.25, 0.3) is 0 Å². The summed E-state index contributed by atoms with van der Waals surface area (Å²) in [6.45, 7) is 4.19. The molecule has 3 aromatic rings. The van der Waals surface area contributed by atoms with Gasteiger partial charge in [0, 0.05) is 23.9 Å². The second-order valence-corrected chi connectivity index (χ2v) is 7.54. The maximum absolute atomic E-state index is 13.0. The highest BCUT2D eigenvalue weighted by atomic mass is 32.1. The van der Waals surface area contributed by atoms with Crippen molar-refractivity contribution in [3.8, 4) is 28.5 Å². The summed E-state index contributed by atoms with van der Waals surface area (Å²) in [5, 5.41) is 2.63. The number of methoxy groups -OCH3 is 3. The van der Waals surface area contributed by atoms with Gasteiger partial charge in [-0.15, -0.1) is 17.9 Å². The van der Waals surface area contributed by atoms with Crippen molar-refractivity contribution in [2.75, 3.05) is 32.8 Å². The van der Waals surface area contributed by atoms with Crippen LogP contribution in [0, 0.1) is 0 Å². The van der Waals surface area contributed by atoms with E-state index in [9.17, 15) is 4.79 Å². The Morgan fingerprint density at radius 2 is 1.77 bits per heavy atom. The summed E-state index contributed by atoms with van der Waals surface area (Å²) >= 11 is 1.45. The number of aromatic nitrogens is 1. The standard InChI is InChI=1S/C24H26N2O4S/c1-5-13-26(24-25-19(16-31-24)18-9-7-6-8-10-18)22(27)12-11-17-14-20(28-2)23(30-4)21(15-17)29-3/h5-10,14-16H,1,11-13H2,2-4H3. The molecule has 0 spiro atoms. The summed E-state index contributed by atoms with van der Waals surface area (Å²) in [6, 6.07) is 13.6. The fourth-order valence-electron chi connectivity index (χ4n) is 3.21. The van der Waals surface area contributed by atoms with Crippen LogP contribution in [0.5, 0.6) is 17.2 Å². The SMILES string of the molecule is C=CCN(C(=O)CCc1cc(OC)c(OC)c(OC)c1)c1nc(-c2ccccc2)cs1. The van der Waals surface area contributed by atoms with E-state index in [4.69, 9.17) is 14.2 Å². The summed E-state index contributed by atoms with van der Waals surface area (Å²) in [7, 11) is 4.71. The molecule has 2 aromatic carbocycles. The molecule has 31 heavy (non-hydrogen) atoms. The molecule has 1 aromatic heterocycles. The molecule has 7 heteroatoms. The van der Waals surface area contributed by atoms with E-state index >= 15 is 0 Å². The average molecular weight is 439 g/mol. The summed E-state index contributed by atoms with van der Waals surface area (Å²) in [6.07, 6.45) is 2.55. The van der Waals surface area contributed by atoms with Crippen molar-refractivity contribution in [2.45, 2.75) is 12.8 Å². The van der Waals surface area contributed by atoms with Crippen molar-refractivity contribution in [1.29, 1.82) is 0 Å². The molecule has 0 unspecified atom stereocenters. The lowest BCUT2D eigenvalue weighted by Crippen LogP contribution is -2.31. The van der Waals surface area contributed by atoms with Crippen molar-refractivity contribution >= 4 is 22.4 Å². The number of carbonyl (C=O) groups excluding carboxylic acids is 1. The quantitative estimate of drug-likeness (QED) is 0.418. The van der Waals surface area contributed by atoms with Crippen LogP contribution >= 0.6 is 11.3 Å². The molecule has 0 atom stereocenters. The Morgan fingerprint density at radius 3 is 2.35 bits per heavy atom. The third kappa shape index (κ3) is 5.24. The monoisotopic (exact) mass is 438 g/mol. The average Bonchev–Trinajstić information content (AvgIpc) is 3.30.